The van der Waals surface area contributed by atoms with E-state index in [0.29, 0.717) is 11.4 Å². The van der Waals surface area contributed by atoms with Crippen molar-refractivity contribution in [2.24, 2.45) is 0 Å². The predicted molar refractivity (Wildman–Crippen MR) is 94.1 cm³/mol. The van der Waals surface area contributed by atoms with E-state index in [-0.39, 0.29) is 5.91 Å². The first-order valence-corrected chi connectivity index (χ1v) is 8.99. The molecule has 0 aliphatic carbocycles. The fraction of sp³-hybridized carbons (Fsp3) is 0.632. The molecular weight excluding hydrogens is 354 g/mol. The average molecular weight is 379 g/mol. The van der Waals surface area contributed by atoms with Gasteiger partial charge in [0.15, 0.2) is 24.0 Å². The number of benzene rings is 1. The monoisotopic (exact) mass is 379 g/mol. The van der Waals surface area contributed by atoms with E-state index >= 15 is 0 Å². The smallest absolute Gasteiger partial charge is 0.256 e. The molecule has 8 heteroatoms. The van der Waals surface area contributed by atoms with Crippen LogP contribution in [0.15, 0.2) is 24.3 Å². The second-order valence-electron chi connectivity index (χ2n) is 7.81. The highest BCUT2D eigenvalue weighted by Gasteiger charge is 2.62. The van der Waals surface area contributed by atoms with Crippen molar-refractivity contribution in [1.82, 2.24) is 0 Å². The van der Waals surface area contributed by atoms with Crippen LogP contribution in [0.2, 0.25) is 0 Å². The SMILES string of the molecule is COc1ccc(NC(=O)[C@H]2O[C@H]3OC(C)(C)O[C@@H]3[C@@H]3OC(C)(C)O[C@@H]32)cc1. The Morgan fingerprint density at radius 1 is 0.926 bits per heavy atom. The number of anilines is 1. The molecule has 3 saturated heterocycles. The number of ether oxygens (including phenoxy) is 6. The Kier molecular flexibility index (Phi) is 4.44. The number of hydrogen-bond acceptors (Lipinski definition) is 7. The molecule has 4 rings (SSSR count). The molecule has 0 bridgehead atoms. The van der Waals surface area contributed by atoms with Crippen molar-refractivity contribution in [2.45, 2.75) is 70.0 Å². The van der Waals surface area contributed by atoms with Gasteiger partial charge in [0, 0.05) is 5.69 Å². The molecule has 148 valence electrons. The fourth-order valence-corrected chi connectivity index (χ4v) is 3.71. The maximum Gasteiger partial charge on any atom is 0.256 e. The Balaban J connectivity index is 1.55. The van der Waals surface area contributed by atoms with Crippen LogP contribution in [0.25, 0.3) is 0 Å². The summed E-state index contributed by atoms with van der Waals surface area (Å²) in [5.74, 6) is -1.29. The van der Waals surface area contributed by atoms with Gasteiger partial charge in [0.1, 0.15) is 24.1 Å². The molecule has 3 aliphatic heterocycles. The van der Waals surface area contributed by atoms with Gasteiger partial charge in [-0.1, -0.05) is 0 Å². The zero-order chi connectivity index (χ0) is 19.4. The molecule has 3 heterocycles. The van der Waals surface area contributed by atoms with Crippen LogP contribution in [0.5, 0.6) is 5.75 Å². The molecular formula is C19H25NO7. The summed E-state index contributed by atoms with van der Waals surface area (Å²) in [6.07, 6.45) is -3.12. The molecule has 0 spiro atoms. The first-order valence-electron chi connectivity index (χ1n) is 8.99. The van der Waals surface area contributed by atoms with Gasteiger partial charge in [-0.2, -0.15) is 0 Å². The van der Waals surface area contributed by atoms with E-state index in [0.717, 1.165) is 0 Å². The van der Waals surface area contributed by atoms with Crippen LogP contribution in [-0.4, -0.2) is 55.3 Å². The molecule has 1 aromatic rings. The molecule has 0 radical (unpaired) electrons. The van der Waals surface area contributed by atoms with Crippen LogP contribution in [0.3, 0.4) is 0 Å². The number of hydrogen-bond donors (Lipinski definition) is 1. The van der Waals surface area contributed by atoms with Gasteiger partial charge in [-0.25, -0.2) is 0 Å². The number of fused-ring (bicyclic) bond motifs is 3. The number of amides is 1. The van der Waals surface area contributed by atoms with Crippen LogP contribution < -0.4 is 10.1 Å². The highest BCUT2D eigenvalue weighted by molar-refractivity contribution is 5.94. The number of methoxy groups -OCH3 is 1. The summed E-state index contributed by atoms with van der Waals surface area (Å²) in [7, 11) is 1.59. The first kappa shape index (κ1) is 18.6. The van der Waals surface area contributed by atoms with Gasteiger partial charge < -0.3 is 33.7 Å². The zero-order valence-electron chi connectivity index (χ0n) is 16.1. The van der Waals surface area contributed by atoms with Crippen LogP contribution in [-0.2, 0) is 28.5 Å². The fourth-order valence-electron chi connectivity index (χ4n) is 3.71. The van der Waals surface area contributed by atoms with Crippen LogP contribution in [0, 0.1) is 0 Å². The van der Waals surface area contributed by atoms with Gasteiger partial charge in [-0.15, -0.1) is 0 Å². The Labute approximate surface area is 158 Å². The summed E-state index contributed by atoms with van der Waals surface area (Å²) in [4.78, 5) is 12.9. The Bertz CT molecular complexity index is 717. The Morgan fingerprint density at radius 3 is 2.19 bits per heavy atom. The van der Waals surface area contributed by atoms with E-state index in [2.05, 4.69) is 5.32 Å². The lowest BCUT2D eigenvalue weighted by molar-refractivity contribution is -0.229. The highest BCUT2D eigenvalue weighted by Crippen LogP contribution is 2.44. The van der Waals surface area contributed by atoms with Crippen molar-refractivity contribution in [1.29, 1.82) is 0 Å². The third kappa shape index (κ3) is 3.55. The van der Waals surface area contributed by atoms with E-state index in [9.17, 15) is 4.79 Å². The molecule has 0 aromatic heterocycles. The molecule has 5 atom stereocenters. The minimum absolute atomic E-state index is 0.330. The summed E-state index contributed by atoms with van der Waals surface area (Å²) >= 11 is 0. The summed E-state index contributed by atoms with van der Waals surface area (Å²) < 4.78 is 34.8. The Hall–Kier alpha value is -1.71. The largest absolute Gasteiger partial charge is 0.497 e. The highest BCUT2D eigenvalue weighted by atomic mass is 16.9. The lowest BCUT2D eigenvalue weighted by Gasteiger charge is -2.36. The summed E-state index contributed by atoms with van der Waals surface area (Å²) in [5, 5.41) is 2.85. The van der Waals surface area contributed by atoms with Gasteiger partial charge in [0.25, 0.3) is 5.91 Å². The van der Waals surface area contributed by atoms with Crippen molar-refractivity contribution < 1.29 is 33.2 Å². The average Bonchev–Trinajstić information content (AvgIpc) is 3.08. The normalized spacial score (nSPS) is 36.0. The van der Waals surface area contributed by atoms with E-state index in [1.54, 1.807) is 59.1 Å². The standard InChI is InChI=1S/C19H25NO7/c1-18(2)24-12-13(25-18)15-17(27-19(3,4)26-15)23-14(12)16(21)20-10-6-8-11(22-5)9-7-10/h6-9,12-15,17H,1-5H3,(H,20,21)/t12-,13+,14-,15+,17-/m0/s1. The van der Waals surface area contributed by atoms with Gasteiger partial charge in [-0.3, -0.25) is 4.79 Å². The van der Waals surface area contributed by atoms with Crippen LogP contribution >= 0.6 is 0 Å². The molecule has 1 N–H and O–H groups in total. The second kappa shape index (κ2) is 6.42. The van der Waals surface area contributed by atoms with Crippen molar-refractivity contribution in [2.75, 3.05) is 12.4 Å². The van der Waals surface area contributed by atoms with Crippen LogP contribution in [0.4, 0.5) is 5.69 Å². The topological polar surface area (TPSA) is 84.5 Å². The Morgan fingerprint density at radius 2 is 1.52 bits per heavy atom. The first-order chi connectivity index (χ1) is 12.7. The van der Waals surface area contributed by atoms with E-state index in [1.165, 1.54) is 0 Å². The molecule has 3 aliphatic rings. The van der Waals surface area contributed by atoms with Crippen molar-refractivity contribution >= 4 is 11.6 Å². The quantitative estimate of drug-likeness (QED) is 0.860. The van der Waals surface area contributed by atoms with Crippen molar-refractivity contribution in [3.8, 4) is 5.75 Å². The number of nitrogens with one attached hydrogen (secondary N) is 1. The maximum atomic E-state index is 12.9. The minimum atomic E-state index is -0.891. The molecule has 8 nitrogen and oxygen atoms in total. The predicted octanol–water partition coefficient (Wildman–Crippen LogP) is 2.03. The van der Waals surface area contributed by atoms with Gasteiger partial charge in [0.05, 0.1) is 7.11 Å². The van der Waals surface area contributed by atoms with E-state index < -0.39 is 42.3 Å². The minimum Gasteiger partial charge on any atom is -0.497 e. The van der Waals surface area contributed by atoms with E-state index in [1.807, 2.05) is 0 Å². The third-order valence-electron chi connectivity index (χ3n) is 4.77. The van der Waals surface area contributed by atoms with Gasteiger partial charge in [-0.05, 0) is 52.0 Å². The van der Waals surface area contributed by atoms with Crippen LogP contribution in [0.1, 0.15) is 27.7 Å². The molecule has 3 fully saturated rings. The summed E-state index contributed by atoms with van der Waals surface area (Å²) in [6, 6.07) is 7.05. The zero-order valence-corrected chi connectivity index (χ0v) is 16.1. The molecule has 0 saturated carbocycles. The lowest BCUT2D eigenvalue weighted by Crippen LogP contribution is -2.58. The van der Waals surface area contributed by atoms with Gasteiger partial charge >= 0.3 is 0 Å². The second-order valence-corrected chi connectivity index (χ2v) is 7.81. The number of rotatable bonds is 3. The lowest BCUT2D eigenvalue weighted by atomic mass is 9.98. The summed E-state index contributed by atoms with van der Waals surface area (Å²) in [5.41, 5.74) is 0.630. The molecule has 0 unspecified atom stereocenters. The molecule has 27 heavy (non-hydrogen) atoms. The number of carbonyl (C=O) groups excluding carboxylic acids is 1. The third-order valence-corrected chi connectivity index (χ3v) is 4.77. The molecule has 1 aromatic carbocycles. The maximum absolute atomic E-state index is 12.9. The van der Waals surface area contributed by atoms with Crippen molar-refractivity contribution in [3.05, 3.63) is 24.3 Å². The van der Waals surface area contributed by atoms with Crippen molar-refractivity contribution in [3.63, 3.8) is 0 Å². The van der Waals surface area contributed by atoms with E-state index in [4.69, 9.17) is 28.4 Å². The molecule has 1 amide bonds. The summed E-state index contributed by atoms with van der Waals surface area (Å²) in [6.45, 7) is 7.22. The number of carbonyl (C=O) groups is 1. The van der Waals surface area contributed by atoms with Gasteiger partial charge in [0.2, 0.25) is 0 Å².